The summed E-state index contributed by atoms with van der Waals surface area (Å²) in [5.74, 6) is 0.0649. The molecule has 1 aliphatic heterocycles. The van der Waals surface area contributed by atoms with Gasteiger partial charge in [-0.15, -0.1) is 0 Å². The number of ether oxygens (including phenoxy) is 1. The number of carbonyl (C=O) groups is 3. The van der Waals surface area contributed by atoms with Crippen molar-refractivity contribution in [2.24, 2.45) is 0 Å². The Kier molecular flexibility index (Phi) is 4.93. The molecule has 0 atom stereocenters. The second-order valence-corrected chi connectivity index (χ2v) is 7.67. The lowest BCUT2D eigenvalue weighted by Gasteiger charge is -2.28. The van der Waals surface area contributed by atoms with Gasteiger partial charge in [-0.3, -0.25) is 9.59 Å². The molecule has 1 aromatic carbocycles. The van der Waals surface area contributed by atoms with Gasteiger partial charge in [-0.2, -0.15) is 0 Å². The van der Waals surface area contributed by atoms with Crippen molar-refractivity contribution in [1.82, 2.24) is 4.98 Å². The molecule has 0 saturated carbocycles. The minimum absolute atomic E-state index is 0.130. The fraction of sp³-hybridized carbons (Fsp3) is 0.333. The molecule has 7 heteroatoms. The van der Waals surface area contributed by atoms with Gasteiger partial charge in [0, 0.05) is 24.2 Å². The zero-order chi connectivity index (χ0) is 20.6. The number of nitrogens with zero attached hydrogens (tertiary/aromatic N) is 3. The van der Waals surface area contributed by atoms with Crippen LogP contribution in [0.15, 0.2) is 36.5 Å². The summed E-state index contributed by atoms with van der Waals surface area (Å²) < 4.78 is 5.60. The molecule has 146 valence electrons. The molecule has 2 amide bonds. The summed E-state index contributed by atoms with van der Waals surface area (Å²) in [4.78, 5) is 44.7. The Bertz CT molecular complexity index is 962. The second kappa shape index (κ2) is 7.07. The normalized spacial score (nSPS) is 13.3. The van der Waals surface area contributed by atoms with E-state index < -0.39 is 11.7 Å². The van der Waals surface area contributed by atoms with Crippen LogP contribution in [0.3, 0.4) is 0 Å². The Morgan fingerprint density at radius 3 is 2.39 bits per heavy atom. The van der Waals surface area contributed by atoms with Gasteiger partial charge in [0.1, 0.15) is 11.4 Å². The molecule has 0 fully saturated rings. The Balaban J connectivity index is 2.27. The topological polar surface area (TPSA) is 79.8 Å². The number of hydrogen-bond acceptors (Lipinski definition) is 5. The highest BCUT2D eigenvalue weighted by Crippen LogP contribution is 2.41. The third kappa shape index (κ3) is 3.74. The molecule has 2 heterocycles. The second-order valence-electron chi connectivity index (χ2n) is 7.67. The van der Waals surface area contributed by atoms with E-state index in [1.54, 1.807) is 51.2 Å². The predicted octanol–water partition coefficient (Wildman–Crippen LogP) is 4.22. The first-order chi connectivity index (χ1) is 13.1. The van der Waals surface area contributed by atoms with E-state index in [2.05, 4.69) is 4.98 Å². The van der Waals surface area contributed by atoms with Crippen molar-refractivity contribution in [2.75, 3.05) is 9.80 Å². The number of Topliss-reactive ketones (excluding diaryl/α,β-unsaturated/α-hetero) is 1. The van der Waals surface area contributed by atoms with Gasteiger partial charge in [0.25, 0.3) is 0 Å². The molecule has 0 saturated heterocycles. The van der Waals surface area contributed by atoms with Gasteiger partial charge in [0.05, 0.1) is 17.9 Å². The minimum Gasteiger partial charge on any atom is -0.443 e. The van der Waals surface area contributed by atoms with Crippen molar-refractivity contribution in [1.29, 1.82) is 0 Å². The molecule has 0 spiro atoms. The third-order valence-corrected chi connectivity index (χ3v) is 4.28. The number of ketones is 1. The molecule has 0 bridgehead atoms. The lowest BCUT2D eigenvalue weighted by atomic mass is 10.1. The monoisotopic (exact) mass is 381 g/mol. The number of pyridine rings is 1. The third-order valence-electron chi connectivity index (χ3n) is 4.28. The van der Waals surface area contributed by atoms with Crippen LogP contribution in [0, 0.1) is 0 Å². The molecule has 1 aliphatic rings. The van der Waals surface area contributed by atoms with Crippen LogP contribution in [0.5, 0.6) is 0 Å². The minimum atomic E-state index is -0.710. The summed E-state index contributed by atoms with van der Waals surface area (Å²) in [6.07, 6.45) is 0.984. The van der Waals surface area contributed by atoms with Gasteiger partial charge in [-0.25, -0.2) is 14.7 Å². The van der Waals surface area contributed by atoms with Crippen LogP contribution in [0.1, 0.15) is 50.5 Å². The Hall–Kier alpha value is -3.22. The quantitative estimate of drug-likeness (QED) is 0.691. The lowest BCUT2D eigenvalue weighted by Crippen LogP contribution is -2.34. The van der Waals surface area contributed by atoms with Crippen molar-refractivity contribution in [3.63, 3.8) is 0 Å². The Morgan fingerprint density at radius 2 is 1.79 bits per heavy atom. The number of fused-ring (bicyclic) bond motifs is 2. The van der Waals surface area contributed by atoms with E-state index in [0.29, 0.717) is 28.3 Å². The molecule has 0 aliphatic carbocycles. The van der Waals surface area contributed by atoms with Crippen LogP contribution >= 0.6 is 0 Å². The molecule has 0 unspecified atom stereocenters. The number of rotatable bonds is 1. The van der Waals surface area contributed by atoms with Crippen molar-refractivity contribution in [3.8, 4) is 0 Å². The van der Waals surface area contributed by atoms with Gasteiger partial charge >= 0.3 is 6.09 Å². The summed E-state index contributed by atoms with van der Waals surface area (Å²) in [7, 11) is 0. The highest BCUT2D eigenvalue weighted by atomic mass is 16.6. The Morgan fingerprint density at radius 1 is 1.07 bits per heavy atom. The summed E-state index contributed by atoms with van der Waals surface area (Å²) in [6.45, 7) is 8.48. The van der Waals surface area contributed by atoms with E-state index in [1.165, 1.54) is 23.6 Å². The van der Waals surface area contributed by atoms with E-state index in [4.69, 9.17) is 4.74 Å². The summed E-state index contributed by atoms with van der Waals surface area (Å²) in [6, 6.07) is 8.47. The molecule has 3 rings (SSSR count). The van der Waals surface area contributed by atoms with E-state index in [0.717, 1.165) is 0 Å². The van der Waals surface area contributed by atoms with Crippen LogP contribution in [0.2, 0.25) is 0 Å². The van der Waals surface area contributed by atoms with Crippen LogP contribution < -0.4 is 9.80 Å². The summed E-state index contributed by atoms with van der Waals surface area (Å²) in [5, 5.41) is 0. The number of hydrogen-bond donors (Lipinski definition) is 0. The van der Waals surface area contributed by atoms with Gasteiger partial charge < -0.3 is 9.64 Å². The highest BCUT2D eigenvalue weighted by Gasteiger charge is 2.34. The Labute approximate surface area is 163 Å². The van der Waals surface area contributed by atoms with E-state index in [1.807, 2.05) is 6.07 Å². The van der Waals surface area contributed by atoms with E-state index in [9.17, 15) is 14.4 Å². The number of anilines is 3. The summed E-state index contributed by atoms with van der Waals surface area (Å²) >= 11 is 0. The predicted molar refractivity (Wildman–Crippen MR) is 106 cm³/mol. The molecule has 1 aromatic heterocycles. The van der Waals surface area contributed by atoms with Crippen molar-refractivity contribution in [3.05, 3.63) is 47.7 Å². The molecular formula is C21H23N3O4. The SMILES string of the molecule is CC(=O)c1ccc2c(c1)N(C(C)=O)Cc1cccnc1N2C(=O)OC(C)(C)C. The lowest BCUT2D eigenvalue weighted by molar-refractivity contribution is -0.116. The maximum absolute atomic E-state index is 13.1. The fourth-order valence-electron chi connectivity index (χ4n) is 3.05. The fourth-order valence-corrected chi connectivity index (χ4v) is 3.05. The zero-order valence-electron chi connectivity index (χ0n) is 16.6. The number of benzene rings is 1. The number of amides is 2. The standard InChI is InChI=1S/C21H23N3O4/c1-13(25)15-8-9-17-18(11-15)23(14(2)26)12-16-7-6-10-22-19(16)24(17)20(27)28-21(3,4)5/h6-11H,12H2,1-5H3. The molecule has 7 nitrogen and oxygen atoms in total. The molecular weight excluding hydrogens is 358 g/mol. The van der Waals surface area contributed by atoms with Crippen LogP contribution in [0.4, 0.5) is 22.0 Å². The highest BCUT2D eigenvalue weighted by molar-refractivity contribution is 6.07. The molecule has 0 N–H and O–H groups in total. The van der Waals surface area contributed by atoms with Crippen LogP contribution in [-0.2, 0) is 16.1 Å². The first-order valence-corrected chi connectivity index (χ1v) is 8.98. The first-order valence-electron chi connectivity index (χ1n) is 8.98. The average molecular weight is 381 g/mol. The molecule has 0 radical (unpaired) electrons. The number of carbonyl (C=O) groups excluding carboxylic acids is 3. The average Bonchev–Trinajstić information content (AvgIpc) is 2.74. The molecule has 28 heavy (non-hydrogen) atoms. The van der Waals surface area contributed by atoms with Crippen molar-refractivity contribution in [2.45, 2.75) is 46.8 Å². The van der Waals surface area contributed by atoms with Crippen molar-refractivity contribution >= 4 is 35.0 Å². The molecule has 2 aromatic rings. The van der Waals surface area contributed by atoms with Crippen LogP contribution in [0.25, 0.3) is 0 Å². The van der Waals surface area contributed by atoms with E-state index in [-0.39, 0.29) is 18.2 Å². The van der Waals surface area contributed by atoms with Gasteiger partial charge in [0.2, 0.25) is 5.91 Å². The van der Waals surface area contributed by atoms with Crippen LogP contribution in [-0.4, -0.2) is 28.4 Å². The van der Waals surface area contributed by atoms with Crippen molar-refractivity contribution < 1.29 is 19.1 Å². The number of aromatic nitrogens is 1. The van der Waals surface area contributed by atoms with E-state index >= 15 is 0 Å². The van der Waals surface area contributed by atoms with Gasteiger partial charge in [-0.1, -0.05) is 6.07 Å². The summed E-state index contributed by atoms with van der Waals surface area (Å²) in [5.41, 5.74) is 1.34. The largest absolute Gasteiger partial charge is 0.443 e. The maximum Gasteiger partial charge on any atom is 0.420 e. The first kappa shape index (κ1) is 19.5. The zero-order valence-corrected chi connectivity index (χ0v) is 16.6. The van der Waals surface area contributed by atoms with Gasteiger partial charge in [-0.05, 0) is 52.0 Å². The smallest absolute Gasteiger partial charge is 0.420 e. The van der Waals surface area contributed by atoms with Gasteiger partial charge in [0.15, 0.2) is 5.78 Å². The maximum atomic E-state index is 13.1.